The minimum absolute atomic E-state index is 0.358. The van der Waals surface area contributed by atoms with Gasteiger partial charge in [-0.05, 0) is 46.3 Å². The molecule has 0 aliphatic carbocycles. The van der Waals surface area contributed by atoms with E-state index in [4.69, 9.17) is 14.7 Å². The zero-order chi connectivity index (χ0) is 17.2. The van der Waals surface area contributed by atoms with E-state index in [1.54, 1.807) is 32.2 Å². The van der Waals surface area contributed by atoms with Crippen LogP contribution in [-0.2, 0) is 9.47 Å². The highest BCUT2D eigenvalue weighted by Gasteiger charge is 2.19. The van der Waals surface area contributed by atoms with Crippen molar-refractivity contribution in [2.45, 2.75) is 39.7 Å². The van der Waals surface area contributed by atoms with Gasteiger partial charge >= 0.3 is 6.09 Å². The van der Waals surface area contributed by atoms with Crippen LogP contribution in [0.25, 0.3) is 0 Å². The summed E-state index contributed by atoms with van der Waals surface area (Å²) >= 11 is 0. The predicted molar refractivity (Wildman–Crippen MR) is 87.1 cm³/mol. The van der Waals surface area contributed by atoms with E-state index in [2.05, 4.69) is 12.6 Å². The molecule has 122 valence electrons. The second-order valence-corrected chi connectivity index (χ2v) is 5.68. The first kappa shape index (κ1) is 19.8. The van der Waals surface area contributed by atoms with Crippen LogP contribution in [0.15, 0.2) is 36.1 Å². The number of carbonyl (C=O) groups is 1. The lowest BCUT2D eigenvalue weighted by Crippen LogP contribution is -2.35. The van der Waals surface area contributed by atoms with Gasteiger partial charge in [0.25, 0.3) is 0 Å². The van der Waals surface area contributed by atoms with E-state index in [0.717, 1.165) is 0 Å². The summed E-state index contributed by atoms with van der Waals surface area (Å²) in [6.45, 7) is 11.8. The third-order valence-corrected chi connectivity index (χ3v) is 2.53. The third kappa shape index (κ3) is 8.15. The number of nitrogens with zero attached hydrogens (tertiary/aromatic N) is 2. The lowest BCUT2D eigenvalue weighted by molar-refractivity contribution is 0.0288. The molecule has 5 heteroatoms. The highest BCUT2D eigenvalue weighted by atomic mass is 16.6. The molecule has 22 heavy (non-hydrogen) atoms. The summed E-state index contributed by atoms with van der Waals surface area (Å²) in [5.41, 5.74) is -0.0741. The fraction of sp³-hybridized carbons (Fsp3) is 0.529. The van der Waals surface area contributed by atoms with Gasteiger partial charge in [0.1, 0.15) is 17.4 Å². The van der Waals surface area contributed by atoms with Crippen LogP contribution < -0.4 is 0 Å². The average Bonchev–Trinajstić information content (AvgIpc) is 2.43. The second kappa shape index (κ2) is 9.67. The maximum atomic E-state index is 11.8. The molecule has 0 aromatic heterocycles. The van der Waals surface area contributed by atoms with Crippen LogP contribution in [0.2, 0.25) is 0 Å². The van der Waals surface area contributed by atoms with Crippen LogP contribution in [0.1, 0.15) is 34.1 Å². The fourth-order valence-electron chi connectivity index (χ4n) is 1.52. The number of carbonyl (C=O) groups excluding carboxylic acids is 1. The molecule has 0 radical (unpaired) electrons. The first-order valence-electron chi connectivity index (χ1n) is 7.21. The quantitative estimate of drug-likeness (QED) is 0.310. The van der Waals surface area contributed by atoms with Crippen molar-refractivity contribution >= 4 is 6.09 Å². The largest absolute Gasteiger partial charge is 0.492 e. The van der Waals surface area contributed by atoms with Crippen molar-refractivity contribution in [2.24, 2.45) is 0 Å². The second-order valence-electron chi connectivity index (χ2n) is 5.68. The standard InChI is InChI=1S/C17H26N2O3/c1-7-10-14(13-18)15(8-2)21-12-9-11-19(6)16(20)22-17(3,4)5/h7-8,10H,1,9,11-12H2,2-6H3/b14-10-,15-8+. The summed E-state index contributed by atoms with van der Waals surface area (Å²) in [4.78, 5) is 13.3. The summed E-state index contributed by atoms with van der Waals surface area (Å²) in [5.74, 6) is 0.516. The lowest BCUT2D eigenvalue weighted by atomic mass is 10.2. The van der Waals surface area contributed by atoms with Crippen LogP contribution in [0, 0.1) is 11.3 Å². The Balaban J connectivity index is 4.27. The molecule has 0 aromatic carbocycles. The zero-order valence-corrected chi connectivity index (χ0v) is 14.2. The van der Waals surface area contributed by atoms with Gasteiger partial charge in [-0.3, -0.25) is 0 Å². The van der Waals surface area contributed by atoms with E-state index in [-0.39, 0.29) is 6.09 Å². The number of amides is 1. The predicted octanol–water partition coefficient (Wildman–Crippen LogP) is 3.80. The number of allylic oxidation sites excluding steroid dienone is 4. The Kier molecular flexibility index (Phi) is 8.69. The molecule has 0 unspecified atom stereocenters. The van der Waals surface area contributed by atoms with Crippen molar-refractivity contribution in [3.63, 3.8) is 0 Å². The molecule has 1 amide bonds. The minimum atomic E-state index is -0.503. The fourth-order valence-corrected chi connectivity index (χ4v) is 1.52. The van der Waals surface area contributed by atoms with Gasteiger partial charge in [-0.25, -0.2) is 4.79 Å². The van der Waals surface area contributed by atoms with Crippen molar-refractivity contribution < 1.29 is 14.3 Å². The molecule has 0 saturated carbocycles. The zero-order valence-electron chi connectivity index (χ0n) is 14.2. The number of hydrogen-bond acceptors (Lipinski definition) is 4. The molecule has 0 fully saturated rings. The van der Waals surface area contributed by atoms with E-state index in [1.165, 1.54) is 4.90 Å². The van der Waals surface area contributed by atoms with E-state index >= 15 is 0 Å². The van der Waals surface area contributed by atoms with Gasteiger partial charge in [0.05, 0.1) is 12.2 Å². The molecule has 0 rings (SSSR count). The molecule has 0 N–H and O–H groups in total. The highest BCUT2D eigenvalue weighted by Crippen LogP contribution is 2.12. The van der Waals surface area contributed by atoms with E-state index in [9.17, 15) is 4.79 Å². The molecular weight excluding hydrogens is 280 g/mol. The van der Waals surface area contributed by atoms with Gasteiger partial charge in [0, 0.05) is 13.6 Å². The van der Waals surface area contributed by atoms with Crippen LogP contribution in [0.5, 0.6) is 0 Å². The monoisotopic (exact) mass is 306 g/mol. The molecule has 0 aromatic rings. The molecule has 0 atom stereocenters. The summed E-state index contributed by atoms with van der Waals surface area (Å²) in [7, 11) is 1.68. The van der Waals surface area contributed by atoms with Gasteiger partial charge < -0.3 is 14.4 Å². The molecule has 5 nitrogen and oxygen atoms in total. The number of hydrogen-bond donors (Lipinski definition) is 0. The van der Waals surface area contributed by atoms with Gasteiger partial charge in [-0.15, -0.1) is 0 Å². The Hall–Kier alpha value is -2.22. The average molecular weight is 306 g/mol. The van der Waals surface area contributed by atoms with Gasteiger partial charge in [0.15, 0.2) is 0 Å². The molecule has 0 aliphatic heterocycles. The number of ether oxygens (including phenoxy) is 2. The summed E-state index contributed by atoms with van der Waals surface area (Å²) in [5, 5.41) is 9.03. The Morgan fingerprint density at radius 3 is 2.50 bits per heavy atom. The molecule has 0 saturated heterocycles. The summed E-state index contributed by atoms with van der Waals surface area (Å²) in [6, 6.07) is 2.06. The van der Waals surface area contributed by atoms with Gasteiger partial charge in [-0.2, -0.15) is 5.26 Å². The molecule has 0 bridgehead atoms. The van der Waals surface area contributed by atoms with Crippen molar-refractivity contribution in [2.75, 3.05) is 20.2 Å². The van der Waals surface area contributed by atoms with E-state index < -0.39 is 5.60 Å². The maximum absolute atomic E-state index is 11.8. The van der Waals surface area contributed by atoms with Crippen molar-refractivity contribution in [3.8, 4) is 6.07 Å². The van der Waals surface area contributed by atoms with Gasteiger partial charge in [0.2, 0.25) is 0 Å². The number of nitriles is 1. The van der Waals surface area contributed by atoms with Crippen LogP contribution in [0.4, 0.5) is 4.79 Å². The lowest BCUT2D eigenvalue weighted by Gasteiger charge is -2.24. The Morgan fingerprint density at radius 1 is 1.41 bits per heavy atom. The van der Waals surface area contributed by atoms with Crippen molar-refractivity contribution in [1.29, 1.82) is 5.26 Å². The minimum Gasteiger partial charge on any atom is -0.492 e. The third-order valence-electron chi connectivity index (χ3n) is 2.53. The topological polar surface area (TPSA) is 62.6 Å². The first-order valence-corrected chi connectivity index (χ1v) is 7.21. The normalized spacial score (nSPS) is 12.4. The van der Waals surface area contributed by atoms with Crippen LogP contribution >= 0.6 is 0 Å². The smallest absolute Gasteiger partial charge is 0.410 e. The van der Waals surface area contributed by atoms with E-state index in [0.29, 0.717) is 30.9 Å². The molecule has 0 aliphatic rings. The van der Waals surface area contributed by atoms with Gasteiger partial charge in [-0.1, -0.05) is 12.7 Å². The maximum Gasteiger partial charge on any atom is 0.410 e. The molecular formula is C17H26N2O3. The SMILES string of the molecule is C=C/C=C(C#N)\C(=C/C)OCCCN(C)C(=O)OC(C)(C)C. The summed E-state index contributed by atoms with van der Waals surface area (Å²) in [6.07, 6.45) is 5.16. The molecule has 0 heterocycles. The number of rotatable bonds is 7. The van der Waals surface area contributed by atoms with Crippen molar-refractivity contribution in [3.05, 3.63) is 36.1 Å². The summed E-state index contributed by atoms with van der Waals surface area (Å²) < 4.78 is 10.8. The van der Waals surface area contributed by atoms with Crippen molar-refractivity contribution in [1.82, 2.24) is 4.90 Å². The van der Waals surface area contributed by atoms with Crippen LogP contribution in [-0.4, -0.2) is 36.8 Å². The Bertz CT molecular complexity index is 479. The Labute approximate surface area is 133 Å². The Morgan fingerprint density at radius 2 is 2.05 bits per heavy atom. The van der Waals surface area contributed by atoms with Crippen LogP contribution in [0.3, 0.4) is 0 Å². The molecule has 0 spiro atoms. The highest BCUT2D eigenvalue weighted by molar-refractivity contribution is 5.67. The first-order chi connectivity index (χ1) is 10.2. The van der Waals surface area contributed by atoms with E-state index in [1.807, 2.05) is 20.8 Å².